The monoisotopic (exact) mass is 1280 g/mol. The molecule has 1 saturated heterocycles. The summed E-state index contributed by atoms with van der Waals surface area (Å²) >= 11 is 0. The molecule has 5 atom stereocenters. The predicted octanol–water partition coefficient (Wildman–Crippen LogP) is -4.94. The number of carbonyl (C=O) groups excluding carboxylic acids is 3. The maximum absolute atomic E-state index is 13.0. The second-order valence-electron chi connectivity index (χ2n) is 20.8. The highest BCUT2D eigenvalue weighted by Crippen LogP contribution is 2.17. The van der Waals surface area contributed by atoms with Crippen molar-refractivity contribution in [3.8, 4) is 0 Å². The summed E-state index contributed by atoms with van der Waals surface area (Å²) in [6, 6.07) is -9.84. The fourth-order valence-corrected chi connectivity index (χ4v) is 9.28. The van der Waals surface area contributed by atoms with E-state index in [0.717, 1.165) is 0 Å². The van der Waals surface area contributed by atoms with Gasteiger partial charge in [-0.3, -0.25) is 67.5 Å². The maximum Gasteiger partial charge on any atom is 0.326 e. The summed E-state index contributed by atoms with van der Waals surface area (Å²) in [6.45, 7) is -0.239. The number of hydrogen-bond donors (Lipinski definition) is 18. The third kappa shape index (κ3) is 26.4. The molecule has 0 aliphatic carbocycles. The Kier molecular flexibility index (Phi) is 31.5. The van der Waals surface area contributed by atoms with E-state index in [4.69, 9.17) is 10.2 Å². The standard InChI is InChI=1S/C52H77N13O25/c66-33(53-14-15-56-40-38(42(75)44(40)77)54-12-2-1-4-28(46(79)80)58-51(89)60-30(48(83)84)6-10-34(67)68)9-8-32(50(87)88)65-24-22-63(26-36(71)72)20-18-62(19-21-64(23-25-65)27-37(73)74)17-16-57-41-39(43(76)45(41)78)55-13-3-5-29(47(81)82)59-52(90)61-31(49(85)86)7-11-35(69)70/h28-32,54-57H,1-27H2,(H,53,66)(H,67,68)(H,69,70)(H,71,72)(H,73,74)(H,79,80)(H,81,82)(H,83,84)(H,85,86)(H,87,88)(H2,58,60,89)(H2,59,61,90). The van der Waals surface area contributed by atoms with Gasteiger partial charge in [-0.1, -0.05) is 0 Å². The average molecular weight is 1280 g/mol. The summed E-state index contributed by atoms with van der Waals surface area (Å²) < 4.78 is 0. The molecule has 38 nitrogen and oxygen atoms in total. The molecule has 18 N–H and O–H groups in total. The molecule has 0 bridgehead atoms. The van der Waals surface area contributed by atoms with Gasteiger partial charge in [-0.15, -0.1) is 0 Å². The SMILES string of the molecule is O=C(O)CCC(NC(=O)NC(CCCCNc1c(NCCNC(=O)CCC(C(=O)O)N2CCN(CC(=O)O)CCN(CCNc3c(NCCCC(NC(=O)NC(CCC(=O)O)C(=O)O)C(=O)O)c(=O)c3=O)CCN(CC(=O)O)CC2)c(=O)c1=O)C(=O)O)C(=O)O. The number of hydrogen-bond acceptors (Lipinski definition) is 24. The molecule has 1 aliphatic heterocycles. The van der Waals surface area contributed by atoms with Gasteiger partial charge in [0.1, 0.15) is 53.0 Å². The largest absolute Gasteiger partial charge is 0.481 e. The van der Waals surface area contributed by atoms with Crippen LogP contribution in [0.1, 0.15) is 70.6 Å². The van der Waals surface area contributed by atoms with Crippen molar-refractivity contribution in [3.05, 3.63) is 40.9 Å². The lowest BCUT2D eigenvalue weighted by molar-refractivity contribution is -0.145. The van der Waals surface area contributed by atoms with Crippen molar-refractivity contribution >= 4 is 94.4 Å². The quantitative estimate of drug-likeness (QED) is 0.0219. The van der Waals surface area contributed by atoms with Gasteiger partial charge in [0.25, 0.3) is 21.7 Å². The summed E-state index contributed by atoms with van der Waals surface area (Å²) in [5, 5.41) is 107. The minimum Gasteiger partial charge on any atom is -0.481 e. The van der Waals surface area contributed by atoms with E-state index in [-0.39, 0.29) is 159 Å². The average Bonchev–Trinajstić information content (AvgIpc) is 0.816. The lowest BCUT2D eigenvalue weighted by Gasteiger charge is -2.35. The van der Waals surface area contributed by atoms with E-state index in [2.05, 4.69) is 37.2 Å². The first-order valence-electron chi connectivity index (χ1n) is 28.4. The van der Waals surface area contributed by atoms with E-state index >= 15 is 0 Å². The third-order valence-electron chi connectivity index (χ3n) is 14.2. The van der Waals surface area contributed by atoms with Crippen LogP contribution in [0.2, 0.25) is 0 Å². The van der Waals surface area contributed by atoms with Crippen LogP contribution in [0.3, 0.4) is 0 Å². The molecular formula is C52H77N13O25. The fourth-order valence-electron chi connectivity index (χ4n) is 9.28. The molecule has 90 heavy (non-hydrogen) atoms. The van der Waals surface area contributed by atoms with Crippen molar-refractivity contribution in [1.29, 1.82) is 0 Å². The van der Waals surface area contributed by atoms with Gasteiger partial charge in [0.15, 0.2) is 0 Å². The number of carboxylic acid groups (broad SMARTS) is 9. The topological polar surface area (TPSA) is 576 Å². The highest BCUT2D eigenvalue weighted by atomic mass is 16.4. The van der Waals surface area contributed by atoms with Crippen LogP contribution in [0.4, 0.5) is 32.3 Å². The van der Waals surface area contributed by atoms with Crippen molar-refractivity contribution < 1.29 is 103 Å². The number of amides is 5. The van der Waals surface area contributed by atoms with Gasteiger partial charge in [0.2, 0.25) is 5.91 Å². The third-order valence-corrected chi connectivity index (χ3v) is 14.2. The molecule has 2 aromatic rings. The summed E-state index contributed by atoms with van der Waals surface area (Å²) in [6.07, 6.45) is -2.58. The smallest absolute Gasteiger partial charge is 0.326 e. The minimum atomic E-state index is -1.62. The van der Waals surface area contributed by atoms with Gasteiger partial charge in [-0.2, -0.15) is 0 Å². The Hall–Kier alpha value is -9.56. The fraction of sp³-hybridized carbons (Fsp3) is 0.615. The van der Waals surface area contributed by atoms with E-state index in [1.165, 1.54) is 4.90 Å². The number of aliphatic carboxylic acids is 9. The molecule has 1 aliphatic rings. The summed E-state index contributed by atoms with van der Waals surface area (Å²) in [4.78, 5) is 199. The number of urea groups is 2. The van der Waals surface area contributed by atoms with Crippen LogP contribution in [0.15, 0.2) is 19.2 Å². The van der Waals surface area contributed by atoms with Crippen molar-refractivity contribution in [1.82, 2.24) is 46.2 Å². The van der Waals surface area contributed by atoms with Gasteiger partial charge in [0.05, 0.1) is 13.1 Å². The molecular weight excluding hydrogens is 1210 g/mol. The van der Waals surface area contributed by atoms with Crippen molar-refractivity contribution in [2.75, 3.05) is 126 Å². The van der Waals surface area contributed by atoms with Crippen LogP contribution in [0.5, 0.6) is 0 Å². The lowest BCUT2D eigenvalue weighted by Crippen LogP contribution is -2.52. The Balaban J connectivity index is 1.53. The van der Waals surface area contributed by atoms with Crippen LogP contribution >= 0.6 is 0 Å². The molecule has 0 spiro atoms. The number of unbranched alkanes of at least 4 members (excludes halogenated alkanes) is 1. The summed E-state index contributed by atoms with van der Waals surface area (Å²) in [5.74, 6) is -12.9. The van der Waals surface area contributed by atoms with Gasteiger partial charge in [-0.05, 0) is 51.4 Å². The molecule has 5 amide bonds. The highest BCUT2D eigenvalue weighted by molar-refractivity contribution is 5.87. The van der Waals surface area contributed by atoms with E-state index in [0.29, 0.717) is 0 Å². The van der Waals surface area contributed by atoms with Crippen LogP contribution < -0.4 is 69.6 Å². The Morgan fingerprint density at radius 3 is 1.10 bits per heavy atom. The van der Waals surface area contributed by atoms with Crippen LogP contribution in [0, 0.1) is 0 Å². The highest BCUT2D eigenvalue weighted by Gasteiger charge is 2.31. The molecule has 3 rings (SSSR count). The first-order chi connectivity index (χ1) is 42.5. The zero-order valence-corrected chi connectivity index (χ0v) is 48.8. The second-order valence-corrected chi connectivity index (χ2v) is 20.8. The number of nitrogens with one attached hydrogen (secondary N) is 9. The maximum atomic E-state index is 13.0. The van der Waals surface area contributed by atoms with Gasteiger partial charge in [-0.25, -0.2) is 28.8 Å². The number of rotatable bonds is 42. The van der Waals surface area contributed by atoms with Crippen molar-refractivity contribution in [2.45, 2.75) is 101 Å². The molecule has 0 saturated carbocycles. The molecule has 500 valence electrons. The molecule has 0 aromatic heterocycles. The van der Waals surface area contributed by atoms with E-state index < -0.39 is 162 Å². The summed E-state index contributed by atoms with van der Waals surface area (Å²) in [7, 11) is 0. The number of anilines is 4. The predicted molar refractivity (Wildman–Crippen MR) is 312 cm³/mol. The Morgan fingerprint density at radius 1 is 0.356 bits per heavy atom. The van der Waals surface area contributed by atoms with Gasteiger partial charge < -0.3 is 93.8 Å². The number of carbonyl (C=O) groups is 12. The van der Waals surface area contributed by atoms with Crippen molar-refractivity contribution in [3.63, 3.8) is 0 Å². The number of carboxylic acids is 9. The molecule has 5 unspecified atom stereocenters. The Bertz CT molecular complexity index is 2970. The van der Waals surface area contributed by atoms with E-state index in [1.54, 1.807) is 9.80 Å². The first kappa shape index (κ1) is 74.7. The molecule has 2 aromatic carbocycles. The van der Waals surface area contributed by atoms with Crippen LogP contribution in [0.25, 0.3) is 0 Å². The van der Waals surface area contributed by atoms with Gasteiger partial charge in [0, 0.05) is 111 Å². The van der Waals surface area contributed by atoms with E-state index in [9.17, 15) is 112 Å². The molecule has 38 heteroatoms. The minimum absolute atomic E-state index is 0.0157. The van der Waals surface area contributed by atoms with Crippen LogP contribution in [-0.2, 0) is 47.9 Å². The normalized spacial score (nSPS) is 15.4. The van der Waals surface area contributed by atoms with Crippen LogP contribution in [-0.4, -0.2) is 272 Å². The lowest BCUT2D eigenvalue weighted by atomic mass is 10.1. The first-order valence-corrected chi connectivity index (χ1v) is 28.4. The van der Waals surface area contributed by atoms with Crippen molar-refractivity contribution in [2.24, 2.45) is 0 Å². The zero-order valence-electron chi connectivity index (χ0n) is 48.8. The molecule has 0 radical (unpaired) electrons. The number of nitrogens with zero attached hydrogens (tertiary/aromatic N) is 4. The zero-order chi connectivity index (χ0) is 67.2. The molecule has 1 heterocycles. The molecule has 1 fully saturated rings. The Labute approximate surface area is 510 Å². The van der Waals surface area contributed by atoms with Gasteiger partial charge >= 0.3 is 65.8 Å². The Morgan fingerprint density at radius 2 is 0.711 bits per heavy atom. The van der Waals surface area contributed by atoms with E-state index in [1.807, 2.05) is 15.5 Å². The second kappa shape index (κ2) is 38.0. The summed E-state index contributed by atoms with van der Waals surface area (Å²) in [5.41, 5.74) is -3.77.